The molecule has 0 bridgehead atoms. The Hall–Kier alpha value is -0.940. The maximum absolute atomic E-state index is 5.20. The van der Waals surface area contributed by atoms with E-state index in [9.17, 15) is 0 Å². The number of hydrogen-bond donors (Lipinski definition) is 0. The molecule has 0 aliphatic rings. The molecule has 0 N–H and O–H groups in total. The van der Waals surface area contributed by atoms with Gasteiger partial charge in [0.05, 0.1) is 11.9 Å². The van der Waals surface area contributed by atoms with Crippen molar-refractivity contribution in [2.45, 2.75) is 18.2 Å². The third kappa shape index (κ3) is 2.84. The largest absolute Gasteiger partial charge is 0.497 e. The highest BCUT2D eigenvalue weighted by molar-refractivity contribution is 9.09. The van der Waals surface area contributed by atoms with Crippen LogP contribution in [-0.4, -0.2) is 17.3 Å². The molecule has 1 unspecified atom stereocenters. The summed E-state index contributed by atoms with van der Waals surface area (Å²) in [5, 5.41) is 10.4. The molecule has 0 radical (unpaired) electrons. The topological polar surface area (TPSA) is 35.0 Å². The first kappa shape index (κ1) is 12.5. The quantitative estimate of drug-likeness (QED) is 0.799. The molecule has 2 aromatic rings. The number of nitrogens with zero attached hydrogens (tertiary/aromatic N) is 2. The SMILES string of the molecule is CCC(Br)c1nnc(-c2cccc(OC)c2)s1. The van der Waals surface area contributed by atoms with E-state index in [1.165, 1.54) is 0 Å². The van der Waals surface area contributed by atoms with Gasteiger partial charge in [0.2, 0.25) is 0 Å². The maximum atomic E-state index is 5.20. The van der Waals surface area contributed by atoms with Crippen molar-refractivity contribution in [1.82, 2.24) is 10.2 Å². The first-order chi connectivity index (χ1) is 8.24. The minimum atomic E-state index is 0.291. The normalized spacial score (nSPS) is 12.4. The molecular formula is C12H13BrN2OS. The fourth-order valence-corrected chi connectivity index (χ4v) is 2.68. The first-order valence-corrected chi connectivity index (χ1v) is 7.09. The van der Waals surface area contributed by atoms with Gasteiger partial charge in [0.1, 0.15) is 15.8 Å². The molecule has 0 aliphatic carbocycles. The average molecular weight is 313 g/mol. The monoisotopic (exact) mass is 312 g/mol. The summed E-state index contributed by atoms with van der Waals surface area (Å²) in [6.07, 6.45) is 1.01. The number of halogens is 1. The van der Waals surface area contributed by atoms with Crippen LogP contribution in [0, 0.1) is 0 Å². The molecule has 1 aromatic carbocycles. The molecule has 0 saturated heterocycles. The molecule has 5 heteroatoms. The second-order valence-corrected chi connectivity index (χ2v) is 5.67. The van der Waals surface area contributed by atoms with Gasteiger partial charge in [-0.3, -0.25) is 0 Å². The molecule has 2 rings (SSSR count). The molecule has 0 spiro atoms. The lowest BCUT2D eigenvalue weighted by Crippen LogP contribution is -1.85. The Morgan fingerprint density at radius 2 is 2.24 bits per heavy atom. The van der Waals surface area contributed by atoms with Crippen LogP contribution in [0.4, 0.5) is 0 Å². The highest BCUT2D eigenvalue weighted by Gasteiger charge is 2.12. The van der Waals surface area contributed by atoms with E-state index in [4.69, 9.17) is 4.74 Å². The van der Waals surface area contributed by atoms with E-state index in [1.54, 1.807) is 18.4 Å². The van der Waals surface area contributed by atoms with E-state index in [1.807, 2.05) is 24.3 Å². The van der Waals surface area contributed by atoms with Gasteiger partial charge in [-0.05, 0) is 18.6 Å². The van der Waals surface area contributed by atoms with Crippen LogP contribution < -0.4 is 4.74 Å². The Morgan fingerprint density at radius 1 is 1.41 bits per heavy atom. The summed E-state index contributed by atoms with van der Waals surface area (Å²) < 4.78 is 5.20. The lowest BCUT2D eigenvalue weighted by atomic mass is 10.2. The molecule has 17 heavy (non-hydrogen) atoms. The van der Waals surface area contributed by atoms with Gasteiger partial charge in [-0.15, -0.1) is 10.2 Å². The Morgan fingerprint density at radius 3 is 2.94 bits per heavy atom. The summed E-state index contributed by atoms with van der Waals surface area (Å²) in [5.41, 5.74) is 1.05. The van der Waals surface area contributed by atoms with Crippen molar-refractivity contribution in [3.05, 3.63) is 29.3 Å². The number of methoxy groups -OCH3 is 1. The van der Waals surface area contributed by atoms with Crippen LogP contribution in [0.25, 0.3) is 10.6 Å². The highest BCUT2D eigenvalue weighted by Crippen LogP contribution is 2.33. The molecule has 90 valence electrons. The van der Waals surface area contributed by atoms with Crippen molar-refractivity contribution < 1.29 is 4.74 Å². The van der Waals surface area contributed by atoms with Gasteiger partial charge < -0.3 is 4.74 Å². The van der Waals surface area contributed by atoms with Gasteiger partial charge in [-0.2, -0.15) is 0 Å². The number of hydrogen-bond acceptors (Lipinski definition) is 4. The number of rotatable bonds is 4. The Kier molecular flexibility index (Phi) is 4.12. The van der Waals surface area contributed by atoms with Crippen LogP contribution in [-0.2, 0) is 0 Å². The lowest BCUT2D eigenvalue weighted by Gasteiger charge is -2.01. The summed E-state index contributed by atoms with van der Waals surface area (Å²) >= 11 is 5.20. The van der Waals surface area contributed by atoms with E-state index in [2.05, 4.69) is 33.1 Å². The molecule has 0 saturated carbocycles. The zero-order valence-electron chi connectivity index (χ0n) is 9.68. The molecule has 3 nitrogen and oxygen atoms in total. The fraction of sp³-hybridized carbons (Fsp3) is 0.333. The van der Waals surface area contributed by atoms with E-state index < -0.39 is 0 Å². The predicted octanol–water partition coefficient (Wildman–Crippen LogP) is 4.06. The smallest absolute Gasteiger partial charge is 0.147 e. The molecular weight excluding hydrogens is 300 g/mol. The van der Waals surface area contributed by atoms with Crippen LogP contribution in [0.1, 0.15) is 23.2 Å². The van der Waals surface area contributed by atoms with Crippen LogP contribution in [0.15, 0.2) is 24.3 Å². The van der Waals surface area contributed by atoms with E-state index >= 15 is 0 Å². The lowest BCUT2D eigenvalue weighted by molar-refractivity contribution is 0.415. The summed E-state index contributed by atoms with van der Waals surface area (Å²) in [4.78, 5) is 0.291. The van der Waals surface area contributed by atoms with E-state index in [0.29, 0.717) is 4.83 Å². The van der Waals surface area contributed by atoms with Gasteiger partial charge in [-0.1, -0.05) is 46.3 Å². The number of benzene rings is 1. The summed E-state index contributed by atoms with van der Waals surface area (Å²) in [6.45, 7) is 2.12. The summed E-state index contributed by atoms with van der Waals surface area (Å²) in [7, 11) is 1.66. The first-order valence-electron chi connectivity index (χ1n) is 5.36. The fourth-order valence-electron chi connectivity index (χ4n) is 1.41. The predicted molar refractivity (Wildman–Crippen MR) is 73.9 cm³/mol. The number of alkyl halides is 1. The maximum Gasteiger partial charge on any atom is 0.147 e. The van der Waals surface area contributed by atoms with E-state index in [0.717, 1.165) is 27.7 Å². The minimum Gasteiger partial charge on any atom is -0.497 e. The zero-order valence-corrected chi connectivity index (χ0v) is 12.1. The highest BCUT2D eigenvalue weighted by atomic mass is 79.9. The Balaban J connectivity index is 2.30. The van der Waals surface area contributed by atoms with E-state index in [-0.39, 0.29) is 0 Å². The van der Waals surface area contributed by atoms with Crippen LogP contribution in [0.2, 0.25) is 0 Å². The van der Waals surface area contributed by atoms with Crippen molar-refractivity contribution in [1.29, 1.82) is 0 Å². The second kappa shape index (κ2) is 5.60. The number of aromatic nitrogens is 2. The van der Waals surface area contributed by atoms with Crippen LogP contribution >= 0.6 is 27.3 Å². The molecule has 1 atom stereocenters. The van der Waals surface area contributed by atoms with Gasteiger partial charge >= 0.3 is 0 Å². The van der Waals surface area contributed by atoms with Crippen LogP contribution in [0.5, 0.6) is 5.75 Å². The average Bonchev–Trinajstić information content (AvgIpc) is 2.87. The van der Waals surface area contributed by atoms with Crippen molar-refractivity contribution >= 4 is 27.3 Å². The zero-order chi connectivity index (χ0) is 12.3. The van der Waals surface area contributed by atoms with Crippen LogP contribution in [0.3, 0.4) is 0 Å². The van der Waals surface area contributed by atoms with Crippen molar-refractivity contribution in [3.8, 4) is 16.3 Å². The molecule has 0 aliphatic heterocycles. The standard InChI is InChI=1S/C12H13BrN2OS/c1-3-10(13)12-15-14-11(17-12)8-5-4-6-9(7-8)16-2/h4-7,10H,3H2,1-2H3. The number of ether oxygens (including phenoxy) is 1. The molecule has 0 fully saturated rings. The Bertz CT molecular complexity index is 501. The summed E-state index contributed by atoms with van der Waals surface area (Å²) in [6, 6.07) is 7.87. The molecule has 1 heterocycles. The molecule has 0 amide bonds. The van der Waals surface area contributed by atoms with Gasteiger partial charge in [-0.25, -0.2) is 0 Å². The third-order valence-electron chi connectivity index (χ3n) is 2.38. The van der Waals surface area contributed by atoms with Gasteiger partial charge in [0.25, 0.3) is 0 Å². The van der Waals surface area contributed by atoms with Crippen molar-refractivity contribution in [2.24, 2.45) is 0 Å². The van der Waals surface area contributed by atoms with Crippen molar-refractivity contribution in [2.75, 3.05) is 7.11 Å². The third-order valence-corrected chi connectivity index (χ3v) is 4.85. The molecule has 1 aromatic heterocycles. The van der Waals surface area contributed by atoms with Crippen molar-refractivity contribution in [3.63, 3.8) is 0 Å². The second-order valence-electron chi connectivity index (χ2n) is 3.55. The van der Waals surface area contributed by atoms with Gasteiger partial charge in [0.15, 0.2) is 0 Å². The summed E-state index contributed by atoms with van der Waals surface area (Å²) in [5.74, 6) is 0.838. The Labute approximate surface area is 113 Å². The van der Waals surface area contributed by atoms with Gasteiger partial charge in [0, 0.05) is 5.56 Å². The minimum absolute atomic E-state index is 0.291.